The first-order chi connectivity index (χ1) is 23.7. The van der Waals surface area contributed by atoms with Crippen LogP contribution in [-0.2, 0) is 20.9 Å². The predicted molar refractivity (Wildman–Crippen MR) is 186 cm³/mol. The number of halogens is 2. The Morgan fingerprint density at radius 1 is 1.06 bits per heavy atom. The van der Waals surface area contributed by atoms with E-state index in [0.717, 1.165) is 51.3 Å². The highest BCUT2D eigenvalue weighted by molar-refractivity contribution is 6.31. The average Bonchev–Trinajstić information content (AvgIpc) is 3.10. The first-order valence-corrected chi connectivity index (χ1v) is 16.6. The molecule has 2 aliphatic heterocycles. The quantitative estimate of drug-likeness (QED) is 0.102. The zero-order valence-corrected chi connectivity index (χ0v) is 27.6. The SMILES string of the molecule is C=CC(=O)Nc1cc2c(Nc3ccc(F)c(Cl)c3)ncnc2cc1OCCCN1CCN(Cc2ccc(C3CCC(=O)NC3=O)cc2)CC1. The summed E-state index contributed by atoms with van der Waals surface area (Å²) in [7, 11) is 0. The van der Waals surface area contributed by atoms with Gasteiger partial charge in [0.2, 0.25) is 17.7 Å². The van der Waals surface area contributed by atoms with Crippen LogP contribution in [0.2, 0.25) is 5.02 Å². The van der Waals surface area contributed by atoms with Gasteiger partial charge in [0.1, 0.15) is 23.7 Å². The minimum atomic E-state index is -0.522. The second-order valence-corrected chi connectivity index (χ2v) is 12.5. The molecule has 13 heteroatoms. The van der Waals surface area contributed by atoms with Crippen LogP contribution in [0.5, 0.6) is 5.75 Å². The van der Waals surface area contributed by atoms with Crippen LogP contribution in [0, 0.1) is 5.82 Å². The van der Waals surface area contributed by atoms with Crippen LogP contribution in [0.3, 0.4) is 0 Å². The van der Waals surface area contributed by atoms with Crippen molar-refractivity contribution in [2.75, 3.05) is 50.0 Å². The molecule has 1 atom stereocenters. The second-order valence-electron chi connectivity index (χ2n) is 12.1. The van der Waals surface area contributed by atoms with E-state index in [-0.39, 0.29) is 28.7 Å². The predicted octanol–water partition coefficient (Wildman–Crippen LogP) is 5.40. The largest absolute Gasteiger partial charge is 0.491 e. The summed E-state index contributed by atoms with van der Waals surface area (Å²) in [6, 6.07) is 15.9. The number of piperazine rings is 1. The van der Waals surface area contributed by atoms with Crippen LogP contribution in [0.1, 0.15) is 36.3 Å². The second kappa shape index (κ2) is 15.5. The number of carbonyl (C=O) groups is 3. The summed E-state index contributed by atoms with van der Waals surface area (Å²) in [6.45, 7) is 9.47. The van der Waals surface area contributed by atoms with Crippen LogP contribution in [0.4, 0.5) is 21.6 Å². The standard InChI is InChI=1S/C36H37ClFN7O4/c1-2-33(46)42-31-19-27-30(39-22-40-35(27)41-25-8-10-29(38)28(37)18-25)20-32(31)49-17-3-12-44-13-15-45(16-14-44)21-23-4-6-24(7-5-23)26-9-11-34(47)43-36(26)48/h2,4-8,10,18-20,22,26H,1,3,9,11-17,21H2,(H,42,46)(H,39,40,41)(H,43,47,48). The molecule has 4 aromatic rings. The first kappa shape index (κ1) is 34.0. The Labute approximate surface area is 288 Å². The van der Waals surface area contributed by atoms with E-state index in [0.29, 0.717) is 53.3 Å². The molecule has 6 rings (SSSR count). The Kier molecular flexibility index (Phi) is 10.8. The highest BCUT2D eigenvalue weighted by Crippen LogP contribution is 2.34. The summed E-state index contributed by atoms with van der Waals surface area (Å²) >= 11 is 5.95. The molecule has 0 radical (unpaired) electrons. The molecule has 2 fully saturated rings. The van der Waals surface area contributed by atoms with E-state index >= 15 is 0 Å². The zero-order chi connectivity index (χ0) is 34.3. The Morgan fingerprint density at radius 2 is 1.84 bits per heavy atom. The van der Waals surface area contributed by atoms with Crippen molar-refractivity contribution >= 4 is 57.4 Å². The maximum absolute atomic E-state index is 13.7. The molecule has 0 aliphatic carbocycles. The van der Waals surface area contributed by atoms with Gasteiger partial charge in [-0.1, -0.05) is 42.4 Å². The molecule has 2 aliphatic rings. The number of imide groups is 1. The zero-order valence-electron chi connectivity index (χ0n) is 26.9. The fourth-order valence-electron chi connectivity index (χ4n) is 6.06. The number of aromatic nitrogens is 2. The van der Waals surface area contributed by atoms with Gasteiger partial charge in [0.05, 0.1) is 28.8 Å². The molecule has 11 nitrogen and oxygen atoms in total. The molecule has 0 spiro atoms. The fourth-order valence-corrected chi connectivity index (χ4v) is 6.24. The molecular weight excluding hydrogens is 649 g/mol. The molecular formula is C36H37ClFN7O4. The fraction of sp³-hybridized carbons (Fsp3) is 0.306. The maximum Gasteiger partial charge on any atom is 0.247 e. The molecule has 0 saturated carbocycles. The summed E-state index contributed by atoms with van der Waals surface area (Å²) in [4.78, 5) is 49.5. The van der Waals surface area contributed by atoms with E-state index in [1.807, 2.05) is 12.1 Å². The van der Waals surface area contributed by atoms with Gasteiger partial charge in [-0.15, -0.1) is 0 Å². The number of nitrogens with one attached hydrogen (secondary N) is 3. The minimum Gasteiger partial charge on any atom is -0.491 e. The number of hydrogen-bond donors (Lipinski definition) is 3. The van der Waals surface area contributed by atoms with Crippen molar-refractivity contribution in [3.63, 3.8) is 0 Å². The lowest BCUT2D eigenvalue weighted by atomic mass is 9.90. The van der Waals surface area contributed by atoms with Crippen molar-refractivity contribution in [3.05, 3.63) is 95.5 Å². The van der Waals surface area contributed by atoms with Crippen LogP contribution < -0.4 is 20.7 Å². The summed E-state index contributed by atoms with van der Waals surface area (Å²) < 4.78 is 19.8. The van der Waals surface area contributed by atoms with Gasteiger partial charge in [-0.05, 0) is 54.3 Å². The van der Waals surface area contributed by atoms with Gasteiger partial charge in [-0.3, -0.25) is 24.6 Å². The van der Waals surface area contributed by atoms with Gasteiger partial charge in [0, 0.05) is 62.8 Å². The molecule has 49 heavy (non-hydrogen) atoms. The molecule has 3 amide bonds. The van der Waals surface area contributed by atoms with E-state index in [4.69, 9.17) is 16.3 Å². The van der Waals surface area contributed by atoms with Crippen LogP contribution in [-0.4, -0.2) is 76.8 Å². The monoisotopic (exact) mass is 685 g/mol. The number of hydrogen-bond acceptors (Lipinski definition) is 9. The van der Waals surface area contributed by atoms with E-state index in [1.165, 1.54) is 30.1 Å². The van der Waals surface area contributed by atoms with Crippen LogP contribution in [0.15, 0.2) is 73.6 Å². The van der Waals surface area contributed by atoms with Crippen molar-refractivity contribution < 1.29 is 23.5 Å². The van der Waals surface area contributed by atoms with E-state index < -0.39 is 5.82 Å². The van der Waals surface area contributed by atoms with Crippen molar-refractivity contribution in [1.29, 1.82) is 0 Å². The topological polar surface area (TPSA) is 129 Å². The molecule has 3 aromatic carbocycles. The smallest absolute Gasteiger partial charge is 0.247 e. The number of amides is 3. The number of carbonyl (C=O) groups excluding carboxylic acids is 3. The highest BCUT2D eigenvalue weighted by atomic mass is 35.5. The van der Waals surface area contributed by atoms with E-state index in [9.17, 15) is 18.8 Å². The molecule has 254 valence electrons. The molecule has 2 saturated heterocycles. The molecule has 3 N–H and O–H groups in total. The van der Waals surface area contributed by atoms with Crippen molar-refractivity contribution in [2.45, 2.75) is 31.7 Å². The minimum absolute atomic E-state index is 0.0180. The number of nitrogens with zero attached hydrogens (tertiary/aromatic N) is 4. The van der Waals surface area contributed by atoms with Crippen LogP contribution in [0.25, 0.3) is 10.9 Å². The number of fused-ring (bicyclic) bond motifs is 1. The summed E-state index contributed by atoms with van der Waals surface area (Å²) in [5.41, 5.74) is 3.73. The molecule has 1 unspecified atom stereocenters. The number of anilines is 3. The van der Waals surface area contributed by atoms with Crippen LogP contribution >= 0.6 is 11.6 Å². The van der Waals surface area contributed by atoms with Gasteiger partial charge in [-0.25, -0.2) is 14.4 Å². The average molecular weight is 686 g/mol. The number of piperidine rings is 1. The van der Waals surface area contributed by atoms with E-state index in [1.54, 1.807) is 18.2 Å². The van der Waals surface area contributed by atoms with Gasteiger partial charge < -0.3 is 20.3 Å². The third kappa shape index (κ3) is 8.58. The Balaban J connectivity index is 1.01. The van der Waals surface area contributed by atoms with E-state index in [2.05, 4.69) is 54.4 Å². The molecule has 3 heterocycles. The van der Waals surface area contributed by atoms with Crippen molar-refractivity contribution in [3.8, 4) is 5.75 Å². The maximum atomic E-state index is 13.7. The third-order valence-corrected chi connectivity index (χ3v) is 9.02. The Morgan fingerprint density at radius 3 is 2.57 bits per heavy atom. The summed E-state index contributed by atoms with van der Waals surface area (Å²) in [5.74, 6) is -0.656. The lowest BCUT2D eigenvalue weighted by Crippen LogP contribution is -2.46. The number of rotatable bonds is 12. The summed E-state index contributed by atoms with van der Waals surface area (Å²) in [6.07, 6.45) is 4.31. The van der Waals surface area contributed by atoms with Gasteiger partial charge >= 0.3 is 0 Å². The lowest BCUT2D eigenvalue weighted by Gasteiger charge is -2.34. The lowest BCUT2D eigenvalue weighted by molar-refractivity contribution is -0.134. The van der Waals surface area contributed by atoms with Gasteiger partial charge in [0.15, 0.2) is 0 Å². The third-order valence-electron chi connectivity index (χ3n) is 8.73. The van der Waals surface area contributed by atoms with Gasteiger partial charge in [0.25, 0.3) is 0 Å². The van der Waals surface area contributed by atoms with Crippen molar-refractivity contribution in [1.82, 2.24) is 25.1 Å². The highest BCUT2D eigenvalue weighted by Gasteiger charge is 2.28. The van der Waals surface area contributed by atoms with Gasteiger partial charge in [-0.2, -0.15) is 0 Å². The Hall–Kier alpha value is -4.91. The molecule has 0 bridgehead atoms. The normalized spacial score (nSPS) is 17.1. The Bertz CT molecular complexity index is 1860. The number of ether oxygens (including phenoxy) is 1. The summed E-state index contributed by atoms with van der Waals surface area (Å²) in [5, 5.41) is 9.00. The van der Waals surface area contributed by atoms with Crippen molar-refractivity contribution in [2.24, 2.45) is 0 Å². The first-order valence-electron chi connectivity index (χ1n) is 16.2. The number of benzene rings is 3. The molecule has 1 aromatic heterocycles.